The number of carbonyl (C=O) groups is 2. The molecule has 2 aliphatic heterocycles. The van der Waals surface area contributed by atoms with Crippen molar-refractivity contribution in [1.82, 2.24) is 4.31 Å². The molecular weight excluding hydrogens is 445 g/mol. The number of hydrogen-bond donors (Lipinski definition) is 1. The van der Waals surface area contributed by atoms with Crippen LogP contribution < -0.4 is 10.2 Å². The van der Waals surface area contributed by atoms with Crippen molar-refractivity contribution in [1.29, 1.82) is 0 Å². The molecule has 1 fully saturated rings. The molecule has 0 bridgehead atoms. The maximum absolute atomic E-state index is 13.3. The fourth-order valence-electron chi connectivity index (χ4n) is 4.72. The van der Waals surface area contributed by atoms with E-state index in [1.165, 1.54) is 16.4 Å². The molecule has 0 aromatic heterocycles. The number of rotatable bonds is 5. The normalized spacial score (nSPS) is 18.3. The number of hydrogen-bond acceptors (Lipinski definition) is 4. The molecule has 1 saturated heterocycles. The van der Waals surface area contributed by atoms with E-state index in [1.807, 2.05) is 13.0 Å². The van der Waals surface area contributed by atoms with Gasteiger partial charge in [-0.05, 0) is 62.2 Å². The Morgan fingerprint density at radius 1 is 1.12 bits per heavy atom. The number of halogens is 1. The van der Waals surface area contributed by atoms with Crippen LogP contribution in [0.5, 0.6) is 0 Å². The first-order valence-corrected chi connectivity index (χ1v) is 12.2. The van der Waals surface area contributed by atoms with E-state index in [-0.39, 0.29) is 17.3 Å². The third kappa shape index (κ3) is 3.39. The molecule has 2 heterocycles. The lowest BCUT2D eigenvalue weighted by atomic mass is 10.0. The van der Waals surface area contributed by atoms with Gasteiger partial charge in [0, 0.05) is 35.1 Å². The standard InChI is InChI=1S/C24H22FN3O4S/c1-2-27-20-13-12-19(17-5-3-6-18(22(17)20)24(27)30)26-23(29)21-7-4-14-28(21)33(31,32)16-10-8-15(25)9-11-16/h3,5-6,8-13,21H,2,4,7,14H2,1H3,(H,26,29). The molecule has 2 amide bonds. The number of nitrogens with one attached hydrogen (secondary N) is 1. The van der Waals surface area contributed by atoms with Gasteiger partial charge in [0.05, 0.1) is 10.6 Å². The topological polar surface area (TPSA) is 86.8 Å². The number of benzene rings is 3. The van der Waals surface area contributed by atoms with Crippen LogP contribution in [0.1, 0.15) is 30.1 Å². The highest BCUT2D eigenvalue weighted by atomic mass is 32.2. The van der Waals surface area contributed by atoms with Crippen LogP contribution in [0.3, 0.4) is 0 Å². The quantitative estimate of drug-likeness (QED) is 0.619. The van der Waals surface area contributed by atoms with Crippen molar-refractivity contribution >= 4 is 44.0 Å². The summed E-state index contributed by atoms with van der Waals surface area (Å²) in [5.74, 6) is -1.04. The van der Waals surface area contributed by atoms with Gasteiger partial charge in [0.1, 0.15) is 11.9 Å². The molecule has 1 atom stereocenters. The van der Waals surface area contributed by atoms with Gasteiger partial charge in [0.15, 0.2) is 0 Å². The minimum atomic E-state index is -3.95. The van der Waals surface area contributed by atoms with Crippen LogP contribution in [0.25, 0.3) is 10.8 Å². The van der Waals surface area contributed by atoms with E-state index < -0.39 is 27.8 Å². The number of nitrogens with zero attached hydrogens (tertiary/aromatic N) is 2. The molecule has 0 spiro atoms. The Morgan fingerprint density at radius 3 is 2.61 bits per heavy atom. The number of sulfonamides is 1. The van der Waals surface area contributed by atoms with Gasteiger partial charge in [-0.1, -0.05) is 12.1 Å². The van der Waals surface area contributed by atoms with E-state index in [9.17, 15) is 22.4 Å². The summed E-state index contributed by atoms with van der Waals surface area (Å²) in [6.07, 6.45) is 0.929. The summed E-state index contributed by atoms with van der Waals surface area (Å²) in [4.78, 5) is 27.6. The maximum atomic E-state index is 13.3. The van der Waals surface area contributed by atoms with Gasteiger partial charge >= 0.3 is 0 Å². The molecule has 0 saturated carbocycles. The number of carbonyl (C=O) groups excluding carboxylic acids is 2. The summed E-state index contributed by atoms with van der Waals surface area (Å²) < 4.78 is 40.7. The Labute approximate surface area is 190 Å². The minimum absolute atomic E-state index is 0.0490. The van der Waals surface area contributed by atoms with Crippen LogP contribution >= 0.6 is 0 Å². The lowest BCUT2D eigenvalue weighted by molar-refractivity contribution is -0.119. The molecule has 3 aromatic rings. The minimum Gasteiger partial charge on any atom is -0.324 e. The van der Waals surface area contributed by atoms with Crippen molar-refractivity contribution in [3.63, 3.8) is 0 Å². The fourth-order valence-corrected chi connectivity index (χ4v) is 6.37. The molecule has 0 radical (unpaired) electrons. The van der Waals surface area contributed by atoms with Crippen LogP contribution in [0.4, 0.5) is 15.8 Å². The molecule has 7 nitrogen and oxygen atoms in total. The molecule has 170 valence electrons. The molecular formula is C24H22FN3O4S. The predicted octanol–water partition coefficient (Wildman–Crippen LogP) is 3.75. The first-order valence-electron chi connectivity index (χ1n) is 10.8. The number of anilines is 2. The van der Waals surface area contributed by atoms with Crippen molar-refractivity contribution in [2.75, 3.05) is 23.3 Å². The van der Waals surface area contributed by atoms with Gasteiger partial charge in [-0.2, -0.15) is 4.31 Å². The lowest BCUT2D eigenvalue weighted by Crippen LogP contribution is -2.43. The lowest BCUT2D eigenvalue weighted by Gasteiger charge is -2.24. The van der Waals surface area contributed by atoms with Crippen LogP contribution in [0.2, 0.25) is 0 Å². The zero-order valence-corrected chi connectivity index (χ0v) is 18.7. The number of amides is 2. The van der Waals surface area contributed by atoms with Crippen LogP contribution in [0, 0.1) is 5.82 Å². The van der Waals surface area contributed by atoms with E-state index in [4.69, 9.17) is 0 Å². The zero-order valence-electron chi connectivity index (χ0n) is 17.9. The van der Waals surface area contributed by atoms with E-state index in [0.29, 0.717) is 30.6 Å². The van der Waals surface area contributed by atoms with Crippen molar-refractivity contribution in [3.8, 4) is 0 Å². The highest BCUT2D eigenvalue weighted by Crippen LogP contribution is 2.40. The van der Waals surface area contributed by atoms with Gasteiger partial charge in [0.2, 0.25) is 15.9 Å². The van der Waals surface area contributed by atoms with Crippen molar-refractivity contribution < 1.29 is 22.4 Å². The molecule has 0 aliphatic carbocycles. The third-order valence-corrected chi connectivity index (χ3v) is 8.21. The van der Waals surface area contributed by atoms with Crippen molar-refractivity contribution in [2.24, 2.45) is 0 Å². The fraction of sp³-hybridized carbons (Fsp3) is 0.250. The second-order valence-corrected chi connectivity index (χ2v) is 10.0. The van der Waals surface area contributed by atoms with Gasteiger partial charge in [-0.3, -0.25) is 9.59 Å². The highest BCUT2D eigenvalue weighted by Gasteiger charge is 2.40. The second kappa shape index (κ2) is 7.93. The Balaban J connectivity index is 1.46. The largest absolute Gasteiger partial charge is 0.324 e. The average molecular weight is 468 g/mol. The van der Waals surface area contributed by atoms with E-state index in [1.54, 1.807) is 29.2 Å². The second-order valence-electron chi connectivity index (χ2n) is 8.13. The summed E-state index contributed by atoms with van der Waals surface area (Å²) >= 11 is 0. The van der Waals surface area contributed by atoms with Crippen molar-refractivity contribution in [3.05, 3.63) is 66.0 Å². The zero-order chi connectivity index (χ0) is 23.3. The van der Waals surface area contributed by atoms with Crippen molar-refractivity contribution in [2.45, 2.75) is 30.7 Å². The smallest absolute Gasteiger partial charge is 0.258 e. The first-order chi connectivity index (χ1) is 15.8. The van der Waals surface area contributed by atoms with E-state index in [0.717, 1.165) is 28.6 Å². The monoisotopic (exact) mass is 467 g/mol. The predicted molar refractivity (Wildman–Crippen MR) is 123 cm³/mol. The molecule has 1 N–H and O–H groups in total. The summed E-state index contributed by atoms with van der Waals surface area (Å²) in [7, 11) is -3.95. The van der Waals surface area contributed by atoms with Gasteiger partial charge in [0.25, 0.3) is 5.91 Å². The van der Waals surface area contributed by atoms with E-state index >= 15 is 0 Å². The molecule has 9 heteroatoms. The van der Waals surface area contributed by atoms with Gasteiger partial charge < -0.3 is 10.2 Å². The highest BCUT2D eigenvalue weighted by molar-refractivity contribution is 7.89. The maximum Gasteiger partial charge on any atom is 0.258 e. The Morgan fingerprint density at radius 2 is 1.88 bits per heavy atom. The molecule has 33 heavy (non-hydrogen) atoms. The first kappa shape index (κ1) is 21.5. The molecule has 1 unspecified atom stereocenters. The van der Waals surface area contributed by atoms with Crippen LogP contribution in [0.15, 0.2) is 59.5 Å². The molecule has 2 aliphatic rings. The summed E-state index contributed by atoms with van der Waals surface area (Å²) in [6.45, 7) is 2.65. The average Bonchev–Trinajstić information content (AvgIpc) is 3.41. The summed E-state index contributed by atoms with van der Waals surface area (Å²) in [6, 6.07) is 12.6. The van der Waals surface area contributed by atoms with Crippen LogP contribution in [-0.4, -0.2) is 43.7 Å². The molecule has 3 aromatic carbocycles. The Kier molecular flexibility index (Phi) is 5.18. The SMILES string of the molecule is CCN1C(=O)c2cccc3c(NC(=O)C4CCCN4S(=O)(=O)c4ccc(F)cc4)ccc1c23. The molecule has 5 rings (SSSR count). The Bertz CT molecular complexity index is 1390. The summed E-state index contributed by atoms with van der Waals surface area (Å²) in [5, 5.41) is 4.40. The Hall–Kier alpha value is -3.30. The third-order valence-electron chi connectivity index (χ3n) is 6.29. The van der Waals surface area contributed by atoms with Crippen LogP contribution in [-0.2, 0) is 14.8 Å². The summed E-state index contributed by atoms with van der Waals surface area (Å²) in [5.41, 5.74) is 1.91. The van der Waals surface area contributed by atoms with Gasteiger partial charge in [-0.15, -0.1) is 0 Å². The van der Waals surface area contributed by atoms with E-state index in [2.05, 4.69) is 5.32 Å². The van der Waals surface area contributed by atoms with Gasteiger partial charge in [-0.25, -0.2) is 12.8 Å².